The molecular formula is C23H22F2N4O2. The third-order valence-electron chi connectivity index (χ3n) is 6.15. The van der Waals surface area contributed by atoms with Crippen molar-refractivity contribution in [2.75, 3.05) is 10.2 Å². The van der Waals surface area contributed by atoms with E-state index in [0.717, 1.165) is 55.3 Å². The van der Waals surface area contributed by atoms with Gasteiger partial charge in [-0.2, -0.15) is 0 Å². The highest BCUT2D eigenvalue weighted by molar-refractivity contribution is 6.05. The summed E-state index contributed by atoms with van der Waals surface area (Å²) in [6.45, 7) is 0. The summed E-state index contributed by atoms with van der Waals surface area (Å²) in [6, 6.07) is 10.1. The minimum Gasteiger partial charge on any atom is -0.326 e. The lowest BCUT2D eigenvalue weighted by Crippen LogP contribution is -2.41. The van der Waals surface area contributed by atoms with Crippen molar-refractivity contribution in [1.82, 2.24) is 9.55 Å². The summed E-state index contributed by atoms with van der Waals surface area (Å²) in [7, 11) is 0. The van der Waals surface area contributed by atoms with Crippen molar-refractivity contribution in [3.05, 3.63) is 54.1 Å². The van der Waals surface area contributed by atoms with Crippen LogP contribution in [0.15, 0.2) is 42.5 Å². The smallest absolute Gasteiger partial charge is 0.253 e. The quantitative estimate of drug-likeness (QED) is 0.668. The molecule has 1 aliphatic heterocycles. The molecule has 1 N–H and O–H groups in total. The van der Waals surface area contributed by atoms with Crippen molar-refractivity contribution in [3.63, 3.8) is 0 Å². The first-order valence-corrected chi connectivity index (χ1v) is 10.6. The van der Waals surface area contributed by atoms with Crippen molar-refractivity contribution in [1.29, 1.82) is 0 Å². The Balaban J connectivity index is 1.46. The second-order valence-corrected chi connectivity index (χ2v) is 8.17. The molecule has 0 spiro atoms. The van der Waals surface area contributed by atoms with Gasteiger partial charge in [0, 0.05) is 17.8 Å². The summed E-state index contributed by atoms with van der Waals surface area (Å²) in [5, 5.41) is 2.57. The lowest BCUT2D eigenvalue weighted by Gasteiger charge is -2.30. The van der Waals surface area contributed by atoms with Gasteiger partial charge in [-0.25, -0.2) is 13.8 Å². The van der Waals surface area contributed by atoms with Crippen LogP contribution in [0, 0.1) is 11.6 Å². The highest BCUT2D eigenvalue weighted by Crippen LogP contribution is 2.40. The zero-order chi connectivity index (χ0) is 21.5. The van der Waals surface area contributed by atoms with Gasteiger partial charge in [-0.3, -0.25) is 19.1 Å². The van der Waals surface area contributed by atoms with E-state index in [1.165, 1.54) is 6.07 Å². The van der Waals surface area contributed by atoms with E-state index in [4.69, 9.17) is 4.98 Å². The fraction of sp³-hybridized carbons (Fsp3) is 0.348. The number of hydrogen-bond donors (Lipinski definition) is 1. The van der Waals surface area contributed by atoms with Gasteiger partial charge in [-0.15, -0.1) is 0 Å². The standard InChI is InChI=1S/C23H22F2N4O2/c24-16-11-10-14(12-17(16)25)26-21(30)13-20-22(31)28(15-6-2-1-3-7-15)23-27-18-8-4-5-9-19(18)29(20)23/h4-5,8-12,15,20H,1-3,6-7,13H2,(H,26,30)/t20-/m0/s1. The minimum absolute atomic E-state index is 0.0797. The van der Waals surface area contributed by atoms with Crippen LogP contribution in [-0.4, -0.2) is 27.4 Å². The van der Waals surface area contributed by atoms with Crippen LogP contribution in [-0.2, 0) is 9.59 Å². The second kappa shape index (κ2) is 7.76. The van der Waals surface area contributed by atoms with Gasteiger partial charge in [-0.1, -0.05) is 31.4 Å². The number of anilines is 2. The van der Waals surface area contributed by atoms with Gasteiger partial charge in [0.05, 0.1) is 17.5 Å². The number of aromatic nitrogens is 2. The molecule has 1 atom stereocenters. The number of carbonyl (C=O) groups is 2. The molecule has 0 radical (unpaired) electrons. The number of para-hydroxylation sites is 2. The van der Waals surface area contributed by atoms with Crippen LogP contribution >= 0.6 is 0 Å². The van der Waals surface area contributed by atoms with Crippen LogP contribution in [0.1, 0.15) is 44.6 Å². The Morgan fingerprint density at radius 3 is 2.61 bits per heavy atom. The van der Waals surface area contributed by atoms with Gasteiger partial charge < -0.3 is 5.32 Å². The van der Waals surface area contributed by atoms with Gasteiger partial charge >= 0.3 is 0 Å². The van der Waals surface area contributed by atoms with E-state index in [9.17, 15) is 18.4 Å². The third kappa shape index (κ3) is 3.45. The number of amides is 2. The van der Waals surface area contributed by atoms with Gasteiger partial charge in [0.2, 0.25) is 11.9 Å². The summed E-state index contributed by atoms with van der Waals surface area (Å²) < 4.78 is 28.5. The first kappa shape index (κ1) is 19.7. The molecule has 1 fully saturated rings. The van der Waals surface area contributed by atoms with Gasteiger partial charge in [-0.05, 0) is 37.1 Å². The van der Waals surface area contributed by atoms with E-state index in [1.54, 1.807) is 4.90 Å². The highest BCUT2D eigenvalue weighted by atomic mass is 19.2. The topological polar surface area (TPSA) is 67.2 Å². The number of hydrogen-bond acceptors (Lipinski definition) is 3. The molecule has 0 bridgehead atoms. The maximum Gasteiger partial charge on any atom is 0.253 e. The van der Waals surface area contributed by atoms with E-state index in [-0.39, 0.29) is 24.1 Å². The third-order valence-corrected chi connectivity index (χ3v) is 6.15. The number of fused-ring (bicyclic) bond motifs is 3. The van der Waals surface area contributed by atoms with Crippen molar-refractivity contribution >= 4 is 34.5 Å². The summed E-state index contributed by atoms with van der Waals surface area (Å²) in [5.74, 6) is -2.02. The van der Waals surface area contributed by atoms with E-state index < -0.39 is 23.6 Å². The molecule has 5 rings (SSSR count). The summed E-state index contributed by atoms with van der Waals surface area (Å²) in [4.78, 5) is 32.6. The van der Waals surface area contributed by atoms with Crippen LogP contribution in [0.3, 0.4) is 0 Å². The maximum atomic E-state index is 13.5. The predicted molar refractivity (Wildman–Crippen MR) is 113 cm³/mol. The van der Waals surface area contributed by atoms with Gasteiger partial charge in [0.15, 0.2) is 11.6 Å². The van der Waals surface area contributed by atoms with Crippen LogP contribution in [0.5, 0.6) is 0 Å². The van der Waals surface area contributed by atoms with Gasteiger partial charge in [0.1, 0.15) is 6.04 Å². The number of nitrogens with zero attached hydrogens (tertiary/aromatic N) is 3. The fourth-order valence-corrected chi connectivity index (χ4v) is 4.70. The number of imidazole rings is 1. The fourth-order valence-electron chi connectivity index (χ4n) is 4.70. The maximum absolute atomic E-state index is 13.5. The lowest BCUT2D eigenvalue weighted by molar-refractivity contribution is -0.125. The molecular weight excluding hydrogens is 402 g/mol. The van der Waals surface area contributed by atoms with Crippen LogP contribution in [0.25, 0.3) is 11.0 Å². The largest absolute Gasteiger partial charge is 0.326 e. The number of carbonyl (C=O) groups excluding carboxylic acids is 2. The average molecular weight is 424 g/mol. The Hall–Kier alpha value is -3.29. The van der Waals surface area contributed by atoms with Crippen molar-refractivity contribution in [2.45, 2.75) is 50.6 Å². The van der Waals surface area contributed by atoms with E-state index in [0.29, 0.717) is 5.95 Å². The van der Waals surface area contributed by atoms with Crippen molar-refractivity contribution < 1.29 is 18.4 Å². The normalized spacial score (nSPS) is 19.1. The molecule has 6 nitrogen and oxygen atoms in total. The molecule has 2 aliphatic rings. The average Bonchev–Trinajstić information content (AvgIpc) is 3.26. The monoisotopic (exact) mass is 424 g/mol. The molecule has 160 valence electrons. The van der Waals surface area contributed by atoms with Crippen molar-refractivity contribution in [3.8, 4) is 0 Å². The van der Waals surface area contributed by atoms with E-state index in [2.05, 4.69) is 5.32 Å². The lowest BCUT2D eigenvalue weighted by atomic mass is 9.94. The molecule has 1 aliphatic carbocycles. The van der Waals surface area contributed by atoms with Crippen molar-refractivity contribution in [2.24, 2.45) is 0 Å². The summed E-state index contributed by atoms with van der Waals surface area (Å²) in [5.41, 5.74) is 1.72. The first-order chi connectivity index (χ1) is 15.0. The predicted octanol–water partition coefficient (Wildman–Crippen LogP) is 4.56. The Kier molecular flexibility index (Phi) is 4.92. The molecule has 2 heterocycles. The molecule has 1 aromatic heterocycles. The molecule has 0 saturated heterocycles. The highest BCUT2D eigenvalue weighted by Gasteiger charge is 2.44. The van der Waals surface area contributed by atoms with E-state index >= 15 is 0 Å². The number of nitrogens with one attached hydrogen (secondary N) is 1. The number of rotatable bonds is 4. The first-order valence-electron chi connectivity index (χ1n) is 10.6. The summed E-state index contributed by atoms with van der Waals surface area (Å²) in [6.07, 6.45) is 5.01. The molecule has 3 aromatic rings. The Morgan fingerprint density at radius 1 is 1.06 bits per heavy atom. The Morgan fingerprint density at radius 2 is 1.84 bits per heavy atom. The summed E-state index contributed by atoms with van der Waals surface area (Å²) >= 11 is 0. The Labute approximate surface area is 177 Å². The second-order valence-electron chi connectivity index (χ2n) is 8.17. The molecule has 1 saturated carbocycles. The number of halogens is 2. The minimum atomic E-state index is -1.04. The van der Waals surface area contributed by atoms with Crippen LogP contribution < -0.4 is 10.2 Å². The molecule has 2 aromatic carbocycles. The zero-order valence-corrected chi connectivity index (χ0v) is 16.9. The molecule has 2 amide bonds. The van der Waals surface area contributed by atoms with Gasteiger partial charge in [0.25, 0.3) is 5.91 Å². The molecule has 0 unspecified atom stereocenters. The van der Waals surface area contributed by atoms with Crippen LogP contribution in [0.2, 0.25) is 0 Å². The molecule has 31 heavy (non-hydrogen) atoms. The molecule has 8 heteroatoms. The SMILES string of the molecule is O=C(C[C@H]1C(=O)N(C2CCCCC2)c2nc3ccccc3n21)Nc1ccc(F)c(F)c1. The zero-order valence-electron chi connectivity index (χ0n) is 16.9. The number of benzene rings is 2. The van der Waals surface area contributed by atoms with Crippen LogP contribution in [0.4, 0.5) is 20.4 Å². The van der Waals surface area contributed by atoms with E-state index in [1.807, 2.05) is 28.8 Å². The Bertz CT molecular complexity index is 1170.